The van der Waals surface area contributed by atoms with Gasteiger partial charge in [0.2, 0.25) is 0 Å². The number of halogens is 1. The number of amidine groups is 1. The molecule has 1 amide bonds. The number of ether oxygens (including phenoxy) is 1. The molecular formula is C12H24ClN3O2. The van der Waals surface area contributed by atoms with Crippen LogP contribution in [0.25, 0.3) is 0 Å². The molecule has 0 heterocycles. The summed E-state index contributed by atoms with van der Waals surface area (Å²) in [5.74, 6) is 0.451. The highest BCUT2D eigenvalue weighted by Gasteiger charge is 2.25. The van der Waals surface area contributed by atoms with Crippen LogP contribution >= 0.6 is 12.4 Å². The lowest BCUT2D eigenvalue weighted by Crippen LogP contribution is -2.42. The van der Waals surface area contributed by atoms with Crippen molar-refractivity contribution in [1.29, 1.82) is 5.41 Å². The average molecular weight is 278 g/mol. The first-order valence-electron chi connectivity index (χ1n) is 6.11. The summed E-state index contributed by atoms with van der Waals surface area (Å²) < 4.78 is 5.20. The monoisotopic (exact) mass is 277 g/mol. The molecule has 1 fully saturated rings. The van der Waals surface area contributed by atoms with E-state index in [0.29, 0.717) is 0 Å². The van der Waals surface area contributed by atoms with E-state index < -0.39 is 5.60 Å². The van der Waals surface area contributed by atoms with E-state index in [9.17, 15) is 4.79 Å². The van der Waals surface area contributed by atoms with Gasteiger partial charge in [-0.2, -0.15) is 0 Å². The number of nitrogens with two attached hydrogens (primary N) is 1. The zero-order chi connectivity index (χ0) is 13.1. The van der Waals surface area contributed by atoms with Crippen molar-refractivity contribution in [2.75, 3.05) is 0 Å². The van der Waals surface area contributed by atoms with Crippen LogP contribution in [0.5, 0.6) is 0 Å². The SMILES string of the molecule is CC(C)(C)OC(=O)NC1CCC(C(=N)N)CC1.Cl. The van der Waals surface area contributed by atoms with Crippen molar-refractivity contribution in [1.82, 2.24) is 5.32 Å². The second-order valence-electron chi connectivity index (χ2n) is 5.65. The predicted molar refractivity (Wildman–Crippen MR) is 74.3 cm³/mol. The number of carbonyl (C=O) groups is 1. The van der Waals surface area contributed by atoms with Gasteiger partial charge in [-0.05, 0) is 46.5 Å². The molecule has 5 nitrogen and oxygen atoms in total. The highest BCUT2D eigenvalue weighted by molar-refractivity contribution is 5.85. The Kier molecular flexibility index (Phi) is 6.46. The molecule has 0 aromatic rings. The van der Waals surface area contributed by atoms with Gasteiger partial charge in [-0.1, -0.05) is 0 Å². The minimum absolute atomic E-state index is 0. The second kappa shape index (κ2) is 6.83. The Labute approximate surface area is 115 Å². The van der Waals surface area contributed by atoms with E-state index in [4.69, 9.17) is 15.9 Å². The van der Waals surface area contributed by atoms with Crippen molar-refractivity contribution >= 4 is 24.3 Å². The highest BCUT2D eigenvalue weighted by Crippen LogP contribution is 2.24. The van der Waals surface area contributed by atoms with Crippen LogP contribution in [0.15, 0.2) is 0 Å². The summed E-state index contributed by atoms with van der Waals surface area (Å²) in [5.41, 5.74) is 5.01. The topological polar surface area (TPSA) is 88.2 Å². The standard InChI is InChI=1S/C12H23N3O2.ClH/c1-12(2,3)17-11(16)15-9-6-4-8(5-7-9)10(13)14;/h8-9H,4-7H2,1-3H3,(H3,13,14)(H,15,16);1H. The van der Waals surface area contributed by atoms with Crippen LogP contribution in [0, 0.1) is 11.3 Å². The van der Waals surface area contributed by atoms with E-state index in [1.807, 2.05) is 20.8 Å². The van der Waals surface area contributed by atoms with Gasteiger partial charge in [0.25, 0.3) is 0 Å². The molecule has 1 rings (SSSR count). The maximum atomic E-state index is 11.5. The van der Waals surface area contributed by atoms with Crippen molar-refractivity contribution < 1.29 is 9.53 Å². The first kappa shape index (κ1) is 17.0. The molecule has 18 heavy (non-hydrogen) atoms. The maximum absolute atomic E-state index is 11.5. The number of alkyl carbamates (subject to hydrolysis) is 1. The van der Waals surface area contributed by atoms with Crippen LogP contribution in [0.4, 0.5) is 4.79 Å². The lowest BCUT2D eigenvalue weighted by atomic mass is 9.85. The summed E-state index contributed by atoms with van der Waals surface area (Å²) in [6.07, 6.45) is 3.11. The fourth-order valence-corrected chi connectivity index (χ4v) is 2.02. The molecule has 0 aromatic carbocycles. The van der Waals surface area contributed by atoms with Gasteiger partial charge in [0.05, 0.1) is 5.84 Å². The Morgan fingerprint density at radius 1 is 1.28 bits per heavy atom. The number of carbonyl (C=O) groups excluding carboxylic acids is 1. The lowest BCUT2D eigenvalue weighted by molar-refractivity contribution is 0.0491. The van der Waals surface area contributed by atoms with Crippen molar-refractivity contribution in [3.63, 3.8) is 0 Å². The number of hydrogen-bond acceptors (Lipinski definition) is 3. The molecule has 0 atom stereocenters. The fourth-order valence-electron chi connectivity index (χ4n) is 2.02. The Hall–Kier alpha value is -0.970. The van der Waals surface area contributed by atoms with Crippen molar-refractivity contribution in [2.24, 2.45) is 11.7 Å². The smallest absolute Gasteiger partial charge is 0.407 e. The zero-order valence-corrected chi connectivity index (χ0v) is 12.1. The number of hydrogen-bond donors (Lipinski definition) is 3. The molecule has 0 unspecified atom stereocenters. The Bertz CT molecular complexity index is 294. The summed E-state index contributed by atoms with van der Waals surface area (Å²) in [4.78, 5) is 11.5. The predicted octanol–water partition coefficient (Wildman–Crippen LogP) is 2.43. The van der Waals surface area contributed by atoms with E-state index in [-0.39, 0.29) is 36.3 Å². The van der Waals surface area contributed by atoms with E-state index in [2.05, 4.69) is 5.32 Å². The van der Waals surface area contributed by atoms with Crippen LogP contribution in [-0.4, -0.2) is 23.6 Å². The molecule has 1 aliphatic carbocycles. The van der Waals surface area contributed by atoms with E-state index in [1.165, 1.54) is 0 Å². The summed E-state index contributed by atoms with van der Waals surface area (Å²) >= 11 is 0. The van der Waals surface area contributed by atoms with Crippen LogP contribution in [0.1, 0.15) is 46.5 Å². The van der Waals surface area contributed by atoms with Gasteiger partial charge < -0.3 is 15.8 Å². The van der Waals surface area contributed by atoms with Crippen LogP contribution in [0.3, 0.4) is 0 Å². The molecule has 4 N–H and O–H groups in total. The quantitative estimate of drug-likeness (QED) is 0.535. The molecular weight excluding hydrogens is 254 g/mol. The molecule has 106 valence electrons. The van der Waals surface area contributed by atoms with Crippen molar-refractivity contribution in [3.05, 3.63) is 0 Å². The molecule has 6 heteroatoms. The van der Waals surface area contributed by atoms with Gasteiger partial charge >= 0.3 is 6.09 Å². The largest absolute Gasteiger partial charge is 0.444 e. The van der Waals surface area contributed by atoms with Gasteiger partial charge in [0.1, 0.15) is 5.60 Å². The molecule has 1 aliphatic rings. The molecule has 0 bridgehead atoms. The third-order valence-electron chi connectivity index (χ3n) is 2.89. The van der Waals surface area contributed by atoms with Gasteiger partial charge in [-0.3, -0.25) is 5.41 Å². The van der Waals surface area contributed by atoms with Gasteiger partial charge in [-0.15, -0.1) is 12.4 Å². The maximum Gasteiger partial charge on any atom is 0.407 e. The second-order valence-corrected chi connectivity index (χ2v) is 5.65. The van der Waals surface area contributed by atoms with Gasteiger partial charge in [0, 0.05) is 12.0 Å². The van der Waals surface area contributed by atoms with Crippen LogP contribution < -0.4 is 11.1 Å². The molecule has 0 radical (unpaired) electrons. The molecule has 0 aliphatic heterocycles. The van der Waals surface area contributed by atoms with Crippen LogP contribution in [0.2, 0.25) is 0 Å². The van der Waals surface area contributed by atoms with Gasteiger partial charge in [0.15, 0.2) is 0 Å². The minimum atomic E-state index is -0.458. The lowest BCUT2D eigenvalue weighted by Gasteiger charge is -2.29. The average Bonchev–Trinajstić information content (AvgIpc) is 2.15. The zero-order valence-electron chi connectivity index (χ0n) is 11.3. The summed E-state index contributed by atoms with van der Waals surface area (Å²) in [7, 11) is 0. The first-order chi connectivity index (χ1) is 7.78. The molecule has 0 spiro atoms. The Balaban J connectivity index is 0.00000289. The van der Waals surface area contributed by atoms with Crippen molar-refractivity contribution in [3.8, 4) is 0 Å². The Morgan fingerprint density at radius 2 is 1.78 bits per heavy atom. The van der Waals surface area contributed by atoms with Crippen LogP contribution in [-0.2, 0) is 4.74 Å². The Morgan fingerprint density at radius 3 is 2.17 bits per heavy atom. The summed E-state index contributed by atoms with van der Waals surface area (Å²) in [6.45, 7) is 5.54. The first-order valence-corrected chi connectivity index (χ1v) is 6.11. The molecule has 1 saturated carbocycles. The summed E-state index contributed by atoms with van der Waals surface area (Å²) in [5, 5.41) is 10.2. The normalized spacial score (nSPS) is 23.7. The minimum Gasteiger partial charge on any atom is -0.444 e. The van der Waals surface area contributed by atoms with E-state index >= 15 is 0 Å². The molecule has 0 aromatic heterocycles. The number of nitrogens with one attached hydrogen (secondary N) is 2. The third kappa shape index (κ3) is 6.10. The highest BCUT2D eigenvalue weighted by atomic mass is 35.5. The summed E-state index contributed by atoms with van der Waals surface area (Å²) in [6, 6.07) is 0.153. The number of amides is 1. The van der Waals surface area contributed by atoms with E-state index in [0.717, 1.165) is 25.7 Å². The van der Waals surface area contributed by atoms with Gasteiger partial charge in [-0.25, -0.2) is 4.79 Å². The van der Waals surface area contributed by atoms with E-state index in [1.54, 1.807) is 0 Å². The van der Waals surface area contributed by atoms with Crippen molar-refractivity contribution in [2.45, 2.75) is 58.1 Å². The molecule has 0 saturated heterocycles. The number of rotatable bonds is 2. The third-order valence-corrected chi connectivity index (χ3v) is 2.89. The fraction of sp³-hybridized carbons (Fsp3) is 0.833.